The molecule has 0 unspecified atom stereocenters. The van der Waals surface area contributed by atoms with E-state index in [0.717, 1.165) is 22.6 Å². The van der Waals surface area contributed by atoms with E-state index in [1.807, 2.05) is 35.7 Å². The molecule has 12 heteroatoms. The minimum absolute atomic E-state index is 0.0184. The van der Waals surface area contributed by atoms with Crippen molar-refractivity contribution in [3.05, 3.63) is 81.5 Å². The number of amides is 1. The number of hydrogen-bond donors (Lipinski definition) is 2. The molecule has 8 nitrogen and oxygen atoms in total. The van der Waals surface area contributed by atoms with Crippen molar-refractivity contribution in [3.8, 4) is 11.3 Å². The maximum atomic E-state index is 12.6. The minimum Gasteiger partial charge on any atom is -0.452 e. The number of carbonyl (C=O) groups is 2. The Bertz CT molecular complexity index is 1430. The van der Waals surface area contributed by atoms with E-state index >= 15 is 0 Å². The van der Waals surface area contributed by atoms with Gasteiger partial charge in [0.2, 0.25) is 0 Å². The molecule has 174 valence electrons. The lowest BCUT2D eigenvalue weighted by Crippen LogP contribution is -2.22. The molecule has 0 aliphatic heterocycles. The first-order chi connectivity index (χ1) is 16.3. The number of halogens is 1. The second-order valence-corrected chi connectivity index (χ2v) is 12.0. The molecule has 4 aromatic rings. The highest BCUT2D eigenvalue weighted by molar-refractivity contribution is 9.11. The summed E-state index contributed by atoms with van der Waals surface area (Å²) in [5.74, 6) is -1.41. The van der Waals surface area contributed by atoms with Crippen LogP contribution >= 0.6 is 38.6 Å². The van der Waals surface area contributed by atoms with Gasteiger partial charge in [-0.3, -0.25) is 14.8 Å². The number of aromatic nitrogens is 1. The molecule has 0 bridgehead atoms. The van der Waals surface area contributed by atoms with Crippen LogP contribution in [0.3, 0.4) is 0 Å². The third kappa shape index (κ3) is 5.89. The van der Waals surface area contributed by atoms with Gasteiger partial charge in [-0.25, -0.2) is 18.2 Å². The molecule has 0 fully saturated rings. The van der Waals surface area contributed by atoms with E-state index in [4.69, 9.17) is 4.74 Å². The van der Waals surface area contributed by atoms with Gasteiger partial charge in [0.25, 0.3) is 15.9 Å². The average molecular weight is 578 g/mol. The summed E-state index contributed by atoms with van der Waals surface area (Å²) in [6.07, 6.45) is 0. The first-order valence-corrected chi connectivity index (χ1v) is 13.6. The van der Waals surface area contributed by atoms with Gasteiger partial charge in [-0.2, -0.15) is 0 Å². The molecule has 0 aliphatic carbocycles. The minimum atomic E-state index is -3.90. The summed E-state index contributed by atoms with van der Waals surface area (Å²) in [5, 5.41) is 4.77. The van der Waals surface area contributed by atoms with Crippen molar-refractivity contribution in [1.82, 2.24) is 4.98 Å². The standard InChI is InChI=1S/C22H16BrN3O5S3/c23-18-10-11-20(33-18)34(29,30)26-16-9-5-4-8-15(16)21(28)31-12-19(27)25-22-24-17(13-32-22)14-6-2-1-3-7-14/h1-11,13,26H,12H2,(H,24,25,27). The average Bonchev–Trinajstić information content (AvgIpc) is 3.48. The highest BCUT2D eigenvalue weighted by Gasteiger charge is 2.21. The van der Waals surface area contributed by atoms with Crippen LogP contribution in [0.25, 0.3) is 11.3 Å². The normalized spacial score (nSPS) is 11.1. The van der Waals surface area contributed by atoms with E-state index < -0.39 is 28.5 Å². The van der Waals surface area contributed by atoms with Crippen molar-refractivity contribution in [2.45, 2.75) is 4.21 Å². The Kier molecular flexibility index (Phi) is 7.41. The zero-order valence-corrected chi connectivity index (χ0v) is 21.3. The number of nitrogens with zero attached hydrogens (tertiary/aromatic N) is 1. The molecule has 1 amide bonds. The molecule has 2 aromatic heterocycles. The van der Waals surface area contributed by atoms with Gasteiger partial charge < -0.3 is 4.74 Å². The Morgan fingerprint density at radius 1 is 1.00 bits per heavy atom. The van der Waals surface area contributed by atoms with E-state index in [9.17, 15) is 18.0 Å². The van der Waals surface area contributed by atoms with Crippen LogP contribution in [0.5, 0.6) is 0 Å². The molecule has 0 saturated heterocycles. The van der Waals surface area contributed by atoms with Crippen LogP contribution in [0.2, 0.25) is 0 Å². The zero-order valence-electron chi connectivity index (χ0n) is 17.2. The summed E-state index contributed by atoms with van der Waals surface area (Å²) >= 11 is 5.51. The van der Waals surface area contributed by atoms with Gasteiger partial charge in [-0.15, -0.1) is 22.7 Å². The topological polar surface area (TPSA) is 114 Å². The Morgan fingerprint density at radius 3 is 2.47 bits per heavy atom. The van der Waals surface area contributed by atoms with E-state index in [0.29, 0.717) is 8.92 Å². The van der Waals surface area contributed by atoms with Gasteiger partial charge in [0.05, 0.1) is 20.7 Å². The van der Waals surface area contributed by atoms with Crippen LogP contribution in [0.1, 0.15) is 10.4 Å². The van der Waals surface area contributed by atoms with Crippen molar-refractivity contribution in [2.24, 2.45) is 0 Å². The second kappa shape index (κ2) is 10.5. The van der Waals surface area contributed by atoms with Crippen LogP contribution in [0, 0.1) is 0 Å². The van der Waals surface area contributed by atoms with E-state index in [1.54, 1.807) is 18.2 Å². The number of para-hydroxylation sites is 1. The fourth-order valence-corrected chi connectivity index (χ4v) is 6.65. The lowest BCUT2D eigenvalue weighted by Gasteiger charge is -2.11. The molecule has 2 aromatic carbocycles. The van der Waals surface area contributed by atoms with E-state index in [2.05, 4.69) is 31.0 Å². The number of ether oxygens (including phenoxy) is 1. The fraction of sp³-hybridized carbons (Fsp3) is 0.0455. The molecular weight excluding hydrogens is 562 g/mol. The Hall–Kier alpha value is -3.06. The smallest absolute Gasteiger partial charge is 0.340 e. The molecule has 0 spiro atoms. The molecule has 0 saturated carbocycles. The monoisotopic (exact) mass is 577 g/mol. The number of hydrogen-bond acceptors (Lipinski definition) is 8. The van der Waals surface area contributed by atoms with Gasteiger partial charge in [0.15, 0.2) is 11.7 Å². The van der Waals surface area contributed by atoms with Crippen LogP contribution in [0.4, 0.5) is 10.8 Å². The van der Waals surface area contributed by atoms with Gasteiger partial charge in [-0.05, 0) is 40.2 Å². The summed E-state index contributed by atoms with van der Waals surface area (Å²) in [6.45, 7) is -0.558. The van der Waals surface area contributed by atoms with Crippen LogP contribution in [0.15, 0.2) is 80.1 Å². The van der Waals surface area contributed by atoms with Crippen LogP contribution in [-0.4, -0.2) is 31.9 Å². The number of thiophene rings is 1. The zero-order chi connectivity index (χ0) is 24.1. The highest BCUT2D eigenvalue weighted by atomic mass is 79.9. The molecule has 2 N–H and O–H groups in total. The van der Waals surface area contributed by atoms with Crippen molar-refractivity contribution in [2.75, 3.05) is 16.6 Å². The maximum absolute atomic E-state index is 12.6. The van der Waals surface area contributed by atoms with Crippen LogP contribution < -0.4 is 10.0 Å². The van der Waals surface area contributed by atoms with E-state index in [-0.39, 0.29) is 15.5 Å². The number of esters is 1. The molecule has 34 heavy (non-hydrogen) atoms. The molecule has 0 aliphatic rings. The molecule has 0 radical (unpaired) electrons. The molecule has 0 atom stereocenters. The number of benzene rings is 2. The third-order valence-corrected chi connectivity index (χ3v) is 8.60. The lowest BCUT2D eigenvalue weighted by molar-refractivity contribution is -0.119. The summed E-state index contributed by atoms with van der Waals surface area (Å²) in [5.41, 5.74) is 1.66. The molecule has 4 rings (SSSR count). The first kappa shape index (κ1) is 24.1. The van der Waals surface area contributed by atoms with Crippen molar-refractivity contribution in [3.63, 3.8) is 0 Å². The number of nitrogens with one attached hydrogen (secondary N) is 2. The number of carbonyl (C=O) groups excluding carboxylic acids is 2. The predicted octanol–water partition coefficient (Wildman–Crippen LogP) is 5.23. The quantitative estimate of drug-likeness (QED) is 0.277. The fourth-order valence-electron chi connectivity index (χ4n) is 2.82. The number of sulfonamides is 1. The van der Waals surface area contributed by atoms with Gasteiger partial charge in [-0.1, -0.05) is 42.5 Å². The largest absolute Gasteiger partial charge is 0.452 e. The number of thiazole rings is 1. The third-order valence-electron chi connectivity index (χ3n) is 4.36. The second-order valence-electron chi connectivity index (χ2n) is 6.74. The lowest BCUT2D eigenvalue weighted by atomic mass is 10.2. The van der Waals surface area contributed by atoms with E-state index in [1.165, 1.54) is 29.5 Å². The van der Waals surface area contributed by atoms with Crippen molar-refractivity contribution >= 4 is 71.3 Å². The maximum Gasteiger partial charge on any atom is 0.340 e. The predicted molar refractivity (Wildman–Crippen MR) is 136 cm³/mol. The summed E-state index contributed by atoms with van der Waals surface area (Å²) in [7, 11) is -3.90. The first-order valence-electron chi connectivity index (χ1n) is 9.67. The summed E-state index contributed by atoms with van der Waals surface area (Å²) in [6, 6.07) is 18.6. The Labute approximate surface area is 211 Å². The Morgan fingerprint density at radius 2 is 1.74 bits per heavy atom. The van der Waals surface area contributed by atoms with Crippen molar-refractivity contribution in [1.29, 1.82) is 0 Å². The number of anilines is 2. The molecule has 2 heterocycles. The number of rotatable bonds is 8. The van der Waals surface area contributed by atoms with Gasteiger partial charge >= 0.3 is 5.97 Å². The SMILES string of the molecule is O=C(COC(=O)c1ccccc1NS(=O)(=O)c1ccc(Br)s1)Nc1nc(-c2ccccc2)cs1. The van der Waals surface area contributed by atoms with Gasteiger partial charge in [0.1, 0.15) is 4.21 Å². The Balaban J connectivity index is 1.38. The highest BCUT2D eigenvalue weighted by Crippen LogP contribution is 2.29. The summed E-state index contributed by atoms with van der Waals surface area (Å²) < 4.78 is 33.5. The van der Waals surface area contributed by atoms with Gasteiger partial charge in [0, 0.05) is 10.9 Å². The van der Waals surface area contributed by atoms with Crippen molar-refractivity contribution < 1.29 is 22.7 Å². The summed E-state index contributed by atoms with van der Waals surface area (Å²) in [4.78, 5) is 29.2. The van der Waals surface area contributed by atoms with Crippen LogP contribution in [-0.2, 0) is 19.6 Å². The molecular formula is C22H16BrN3O5S3.